The number of amides is 1. The molecule has 27 heavy (non-hydrogen) atoms. The molecule has 0 aromatic heterocycles. The molecule has 1 amide bonds. The molecular formula is C22H23FN2O2. The molecule has 2 heterocycles. The highest BCUT2D eigenvalue weighted by molar-refractivity contribution is 5.70. The van der Waals surface area contributed by atoms with E-state index in [9.17, 15) is 9.18 Å². The van der Waals surface area contributed by atoms with Crippen molar-refractivity contribution in [1.82, 2.24) is 9.80 Å². The topological polar surface area (TPSA) is 32.8 Å². The molecule has 1 saturated heterocycles. The third-order valence-corrected chi connectivity index (χ3v) is 6.24. The number of fused-ring (bicyclic) bond motifs is 2. The van der Waals surface area contributed by atoms with Gasteiger partial charge >= 0.3 is 6.09 Å². The van der Waals surface area contributed by atoms with E-state index in [4.69, 9.17) is 4.74 Å². The maximum Gasteiger partial charge on any atom is 0.410 e. The van der Waals surface area contributed by atoms with E-state index >= 15 is 0 Å². The average Bonchev–Trinajstić information content (AvgIpc) is 3.12. The van der Waals surface area contributed by atoms with Crippen LogP contribution >= 0.6 is 0 Å². The van der Waals surface area contributed by atoms with Gasteiger partial charge in [0.25, 0.3) is 0 Å². The van der Waals surface area contributed by atoms with Crippen molar-refractivity contribution in [1.29, 1.82) is 0 Å². The minimum absolute atomic E-state index is 0.0553. The highest BCUT2D eigenvalue weighted by Crippen LogP contribution is 2.48. The Kier molecular flexibility index (Phi) is 3.93. The fourth-order valence-electron chi connectivity index (χ4n) is 4.81. The number of piperidine rings is 1. The fraction of sp³-hybridized carbons (Fsp3) is 0.409. The summed E-state index contributed by atoms with van der Waals surface area (Å²) in [6, 6.07) is 14.4. The summed E-state index contributed by atoms with van der Waals surface area (Å²) in [5, 5.41) is 0. The number of rotatable bonds is 2. The molecule has 0 bridgehead atoms. The van der Waals surface area contributed by atoms with Crippen LogP contribution in [0.25, 0.3) is 0 Å². The molecule has 2 aromatic carbocycles. The van der Waals surface area contributed by atoms with Gasteiger partial charge in [-0.05, 0) is 42.3 Å². The number of nitrogens with zero attached hydrogens (tertiary/aromatic N) is 2. The van der Waals surface area contributed by atoms with Crippen LogP contribution in [-0.4, -0.2) is 48.7 Å². The number of ether oxygens (including phenoxy) is 1. The summed E-state index contributed by atoms with van der Waals surface area (Å²) in [4.78, 5) is 17.1. The van der Waals surface area contributed by atoms with Crippen LogP contribution in [-0.2, 0) is 11.2 Å². The Morgan fingerprint density at radius 1 is 1.07 bits per heavy atom. The van der Waals surface area contributed by atoms with Gasteiger partial charge in [-0.2, -0.15) is 0 Å². The van der Waals surface area contributed by atoms with Gasteiger partial charge in [-0.15, -0.1) is 0 Å². The fourth-order valence-corrected chi connectivity index (χ4v) is 4.81. The molecule has 2 aliphatic heterocycles. The van der Waals surface area contributed by atoms with E-state index in [0.29, 0.717) is 18.4 Å². The van der Waals surface area contributed by atoms with Crippen LogP contribution in [0.3, 0.4) is 0 Å². The number of carbonyl (C=O) groups is 1. The molecule has 0 N–H and O–H groups in total. The third-order valence-electron chi connectivity index (χ3n) is 6.24. The lowest BCUT2D eigenvalue weighted by Crippen LogP contribution is -2.41. The lowest BCUT2D eigenvalue weighted by atomic mass is 9.88. The van der Waals surface area contributed by atoms with Crippen LogP contribution in [0, 0.1) is 17.7 Å². The SMILES string of the molecule is CN1CC2C(OC(=O)N3CCc4ccccc4[C@@H]3c3ccc(F)cc3)[C@H]2C1. The Morgan fingerprint density at radius 2 is 1.78 bits per heavy atom. The smallest absolute Gasteiger partial charge is 0.410 e. The highest BCUT2D eigenvalue weighted by Gasteiger charge is 2.58. The van der Waals surface area contributed by atoms with E-state index in [2.05, 4.69) is 24.1 Å². The molecule has 2 unspecified atom stereocenters. The van der Waals surface area contributed by atoms with E-state index in [-0.39, 0.29) is 24.1 Å². The summed E-state index contributed by atoms with van der Waals surface area (Å²) >= 11 is 0. The standard InChI is InChI=1S/C22H23FN2O2/c1-24-12-18-19(13-24)21(18)27-22(26)25-11-10-14-4-2-3-5-17(14)20(25)15-6-8-16(23)9-7-15/h2-9,18-21H,10-13H2,1H3/t18-,19?,20-,21?/m0/s1. The van der Waals surface area contributed by atoms with Gasteiger partial charge < -0.3 is 9.64 Å². The van der Waals surface area contributed by atoms with Gasteiger partial charge in [-0.3, -0.25) is 4.90 Å². The molecule has 2 fully saturated rings. The summed E-state index contributed by atoms with van der Waals surface area (Å²) in [5.41, 5.74) is 3.25. The second-order valence-electron chi connectivity index (χ2n) is 7.99. The van der Waals surface area contributed by atoms with Crippen molar-refractivity contribution >= 4 is 6.09 Å². The summed E-state index contributed by atoms with van der Waals surface area (Å²) in [6.07, 6.45) is 0.615. The van der Waals surface area contributed by atoms with Gasteiger partial charge in [0.15, 0.2) is 0 Å². The molecule has 5 rings (SSSR count). The maximum absolute atomic E-state index is 13.4. The zero-order valence-corrected chi connectivity index (χ0v) is 15.3. The lowest BCUT2D eigenvalue weighted by molar-refractivity contribution is 0.0693. The zero-order chi connectivity index (χ0) is 18.5. The molecule has 3 aliphatic rings. The van der Waals surface area contributed by atoms with Crippen molar-refractivity contribution in [2.24, 2.45) is 11.8 Å². The summed E-state index contributed by atoms with van der Waals surface area (Å²) in [5.74, 6) is 0.701. The van der Waals surface area contributed by atoms with Gasteiger partial charge in [0.1, 0.15) is 11.9 Å². The van der Waals surface area contributed by atoms with Gasteiger partial charge in [0.2, 0.25) is 0 Å². The van der Waals surface area contributed by atoms with Crippen molar-refractivity contribution in [3.05, 3.63) is 71.0 Å². The average molecular weight is 366 g/mol. The Hall–Kier alpha value is -2.40. The summed E-state index contributed by atoms with van der Waals surface area (Å²) < 4.78 is 19.3. The van der Waals surface area contributed by atoms with Crippen LogP contribution in [0.2, 0.25) is 0 Å². The van der Waals surface area contributed by atoms with Crippen molar-refractivity contribution < 1.29 is 13.9 Å². The van der Waals surface area contributed by atoms with Gasteiger partial charge in [0, 0.05) is 31.5 Å². The number of benzene rings is 2. The van der Waals surface area contributed by atoms with Crippen molar-refractivity contribution in [3.8, 4) is 0 Å². The largest absolute Gasteiger partial charge is 0.445 e. The quantitative estimate of drug-likeness (QED) is 0.816. The van der Waals surface area contributed by atoms with Crippen LogP contribution in [0.15, 0.2) is 48.5 Å². The van der Waals surface area contributed by atoms with E-state index in [0.717, 1.165) is 30.6 Å². The molecule has 140 valence electrons. The van der Waals surface area contributed by atoms with Crippen LogP contribution in [0.4, 0.5) is 9.18 Å². The van der Waals surface area contributed by atoms with Crippen molar-refractivity contribution in [2.75, 3.05) is 26.7 Å². The van der Waals surface area contributed by atoms with E-state index < -0.39 is 0 Å². The number of likely N-dealkylation sites (tertiary alicyclic amines) is 1. The van der Waals surface area contributed by atoms with E-state index in [1.807, 2.05) is 17.0 Å². The van der Waals surface area contributed by atoms with Crippen LogP contribution < -0.4 is 0 Å². The summed E-state index contributed by atoms with van der Waals surface area (Å²) in [6.45, 7) is 2.62. The van der Waals surface area contributed by atoms with Crippen LogP contribution in [0.5, 0.6) is 0 Å². The first-order valence-corrected chi connectivity index (χ1v) is 9.61. The normalized spacial score (nSPS) is 29.2. The maximum atomic E-state index is 13.4. The second kappa shape index (κ2) is 6.34. The molecule has 1 saturated carbocycles. The molecule has 2 aromatic rings. The van der Waals surface area contributed by atoms with Gasteiger partial charge in [-0.1, -0.05) is 36.4 Å². The Morgan fingerprint density at radius 3 is 2.52 bits per heavy atom. The molecule has 1 aliphatic carbocycles. The third kappa shape index (κ3) is 2.90. The minimum atomic E-state index is -0.271. The molecule has 0 spiro atoms. The molecule has 5 heteroatoms. The minimum Gasteiger partial charge on any atom is -0.445 e. The predicted molar refractivity (Wildman–Crippen MR) is 99.8 cm³/mol. The molecule has 4 atom stereocenters. The van der Waals surface area contributed by atoms with Crippen LogP contribution in [0.1, 0.15) is 22.7 Å². The zero-order valence-electron chi connectivity index (χ0n) is 15.3. The number of halogens is 1. The first kappa shape index (κ1) is 16.8. The van der Waals surface area contributed by atoms with E-state index in [1.54, 1.807) is 12.1 Å². The molecule has 4 nitrogen and oxygen atoms in total. The lowest BCUT2D eigenvalue weighted by Gasteiger charge is -2.37. The number of hydrogen-bond donors (Lipinski definition) is 0. The van der Waals surface area contributed by atoms with Crippen molar-refractivity contribution in [2.45, 2.75) is 18.6 Å². The Balaban J connectivity index is 1.42. The number of carbonyl (C=O) groups excluding carboxylic acids is 1. The Labute approximate surface area is 158 Å². The first-order chi connectivity index (χ1) is 13.1. The summed E-state index contributed by atoms with van der Waals surface area (Å²) in [7, 11) is 2.11. The van der Waals surface area contributed by atoms with Crippen molar-refractivity contribution in [3.63, 3.8) is 0 Å². The number of hydrogen-bond acceptors (Lipinski definition) is 3. The van der Waals surface area contributed by atoms with Gasteiger partial charge in [0.05, 0.1) is 6.04 Å². The van der Waals surface area contributed by atoms with E-state index in [1.165, 1.54) is 17.7 Å². The molecule has 0 radical (unpaired) electrons. The monoisotopic (exact) mass is 366 g/mol. The second-order valence-corrected chi connectivity index (χ2v) is 7.99. The predicted octanol–water partition coefficient (Wildman–Crippen LogP) is 3.47. The molecular weight excluding hydrogens is 343 g/mol. The first-order valence-electron chi connectivity index (χ1n) is 9.61. The van der Waals surface area contributed by atoms with Gasteiger partial charge in [-0.25, -0.2) is 9.18 Å². The highest BCUT2D eigenvalue weighted by atomic mass is 19.1. The Bertz CT molecular complexity index is 857.